The third kappa shape index (κ3) is 7.38. The minimum Gasteiger partial charge on any atom is -0.496 e. The molecule has 8 heteroatoms. The fraction of sp³-hybridized carbons (Fsp3) is 0.364. The van der Waals surface area contributed by atoms with E-state index in [2.05, 4.69) is 11.9 Å². The zero-order valence-electron chi connectivity index (χ0n) is 24.5. The standard InChI is InChI=1S/C31H33ClF2N2O2S.C2H6/c1-5-9-20(16-19(2)35-3)21-12-15-26(38-4)22(17-21)18-36(23-10-7-6-8-11-23)31(37)30-28(32)27-24(33)13-14-25(34)29(27)39-30;1-2/h5,9,12-17,23,35H,1,6-8,10-11,18H2,2-4H3;1-2H3/b19-16+,20-9+;. The van der Waals surface area contributed by atoms with Gasteiger partial charge in [0.2, 0.25) is 0 Å². The molecule has 4 rings (SSSR count). The van der Waals surface area contributed by atoms with E-state index in [1.807, 2.05) is 58.2 Å². The van der Waals surface area contributed by atoms with E-state index in [0.29, 0.717) is 5.75 Å². The van der Waals surface area contributed by atoms with Gasteiger partial charge in [-0.25, -0.2) is 8.78 Å². The van der Waals surface area contributed by atoms with E-state index in [1.165, 1.54) is 0 Å². The number of fused-ring (bicyclic) bond motifs is 1. The first-order chi connectivity index (χ1) is 19.8. The zero-order chi connectivity index (χ0) is 30.1. The highest BCUT2D eigenvalue weighted by atomic mass is 35.5. The number of hydrogen-bond acceptors (Lipinski definition) is 4. The first-order valence-corrected chi connectivity index (χ1v) is 15.2. The van der Waals surface area contributed by atoms with Crippen molar-refractivity contribution in [2.24, 2.45) is 0 Å². The Bertz CT molecular complexity index is 1440. The van der Waals surface area contributed by atoms with Gasteiger partial charge in [0.25, 0.3) is 5.91 Å². The van der Waals surface area contributed by atoms with Gasteiger partial charge in [-0.2, -0.15) is 0 Å². The van der Waals surface area contributed by atoms with Gasteiger partial charge in [0.15, 0.2) is 0 Å². The molecule has 0 bridgehead atoms. The highest BCUT2D eigenvalue weighted by Gasteiger charge is 2.31. The quantitative estimate of drug-likeness (QED) is 0.249. The van der Waals surface area contributed by atoms with Gasteiger partial charge >= 0.3 is 0 Å². The Labute approximate surface area is 251 Å². The van der Waals surface area contributed by atoms with E-state index >= 15 is 0 Å². The van der Waals surface area contributed by atoms with Gasteiger partial charge in [0.1, 0.15) is 22.3 Å². The average Bonchev–Trinajstić information content (AvgIpc) is 3.36. The second-order valence-corrected chi connectivity index (χ2v) is 11.1. The molecule has 1 aromatic heterocycles. The molecule has 0 saturated heterocycles. The minimum atomic E-state index is -0.642. The Morgan fingerprint density at radius 1 is 1.17 bits per heavy atom. The van der Waals surface area contributed by atoms with Crippen LogP contribution in [0.3, 0.4) is 0 Å². The topological polar surface area (TPSA) is 41.6 Å². The molecule has 2 aromatic carbocycles. The van der Waals surface area contributed by atoms with Crippen LogP contribution in [-0.2, 0) is 6.54 Å². The molecule has 1 saturated carbocycles. The summed E-state index contributed by atoms with van der Waals surface area (Å²) >= 11 is 7.45. The number of nitrogens with one attached hydrogen (secondary N) is 1. The maximum absolute atomic E-state index is 14.6. The fourth-order valence-corrected chi connectivity index (χ4v) is 6.56. The van der Waals surface area contributed by atoms with E-state index in [1.54, 1.807) is 18.1 Å². The molecule has 1 fully saturated rings. The SMILES string of the molecule is C=C/C=C(\C=C(/C)NC)c1ccc(OC)c(CN(C(=O)c2sc3c(F)ccc(F)c3c2Cl)C2CCCCC2)c1.CC. The van der Waals surface area contributed by atoms with Gasteiger partial charge in [-0.05, 0) is 61.2 Å². The number of benzene rings is 2. The molecular weight excluding hydrogens is 562 g/mol. The predicted molar refractivity (Wildman–Crippen MR) is 169 cm³/mol. The van der Waals surface area contributed by atoms with Crippen LogP contribution in [0.5, 0.6) is 5.75 Å². The second kappa shape index (κ2) is 15.2. The lowest BCUT2D eigenvalue weighted by atomic mass is 9.93. The summed E-state index contributed by atoms with van der Waals surface area (Å²) in [6.07, 6.45) is 10.5. The Kier molecular flexibility index (Phi) is 12.0. The van der Waals surface area contributed by atoms with Crippen LogP contribution in [0.25, 0.3) is 15.7 Å². The van der Waals surface area contributed by atoms with Crippen LogP contribution in [0.1, 0.15) is 73.7 Å². The largest absolute Gasteiger partial charge is 0.496 e. The van der Waals surface area contributed by atoms with E-state index < -0.39 is 11.6 Å². The lowest BCUT2D eigenvalue weighted by Crippen LogP contribution is -2.40. The number of ether oxygens (including phenoxy) is 1. The number of hydrogen-bond donors (Lipinski definition) is 1. The average molecular weight is 601 g/mol. The Morgan fingerprint density at radius 2 is 1.85 bits per heavy atom. The first-order valence-electron chi connectivity index (χ1n) is 14.0. The van der Waals surface area contributed by atoms with Gasteiger partial charge in [-0.1, -0.05) is 69.5 Å². The second-order valence-electron chi connectivity index (χ2n) is 9.67. The maximum Gasteiger partial charge on any atom is 0.266 e. The maximum atomic E-state index is 14.6. The van der Waals surface area contributed by atoms with Gasteiger partial charge in [-0.3, -0.25) is 4.79 Å². The molecule has 4 nitrogen and oxygen atoms in total. The lowest BCUT2D eigenvalue weighted by molar-refractivity contribution is 0.0618. The van der Waals surface area contributed by atoms with Crippen LogP contribution in [0, 0.1) is 11.6 Å². The number of amides is 1. The van der Waals surface area contributed by atoms with Crippen LogP contribution in [0.2, 0.25) is 5.02 Å². The highest BCUT2D eigenvalue weighted by Crippen LogP contribution is 2.40. The molecule has 41 heavy (non-hydrogen) atoms. The van der Waals surface area contributed by atoms with Gasteiger partial charge in [-0.15, -0.1) is 11.3 Å². The molecule has 0 spiro atoms. The molecule has 0 radical (unpaired) electrons. The van der Waals surface area contributed by atoms with Crippen molar-refractivity contribution in [1.29, 1.82) is 0 Å². The molecule has 1 heterocycles. The monoisotopic (exact) mass is 600 g/mol. The number of methoxy groups -OCH3 is 1. The molecule has 1 aliphatic carbocycles. The number of rotatable bonds is 9. The Morgan fingerprint density at radius 3 is 2.46 bits per heavy atom. The highest BCUT2D eigenvalue weighted by molar-refractivity contribution is 7.21. The smallest absolute Gasteiger partial charge is 0.266 e. The lowest BCUT2D eigenvalue weighted by Gasteiger charge is -2.34. The number of carbonyl (C=O) groups is 1. The van der Waals surface area contributed by atoms with Crippen LogP contribution in [0.15, 0.2) is 60.8 Å². The normalized spacial score (nSPS) is 14.3. The van der Waals surface area contributed by atoms with Crippen LogP contribution in [0.4, 0.5) is 8.78 Å². The summed E-state index contributed by atoms with van der Waals surface area (Å²) in [5.41, 5.74) is 3.71. The van der Waals surface area contributed by atoms with Crippen molar-refractivity contribution in [3.63, 3.8) is 0 Å². The van der Waals surface area contributed by atoms with Crippen LogP contribution >= 0.6 is 22.9 Å². The van der Waals surface area contributed by atoms with E-state index in [4.69, 9.17) is 16.3 Å². The molecule has 1 aliphatic rings. The number of halogens is 3. The van der Waals surface area contributed by atoms with E-state index in [9.17, 15) is 13.6 Å². The van der Waals surface area contributed by atoms with Crippen molar-refractivity contribution in [3.05, 3.63) is 93.5 Å². The summed E-state index contributed by atoms with van der Waals surface area (Å²) in [6.45, 7) is 10.1. The molecule has 1 N–H and O–H groups in total. The summed E-state index contributed by atoms with van der Waals surface area (Å²) in [6, 6.07) is 7.96. The minimum absolute atomic E-state index is 0.0230. The van der Waals surface area contributed by atoms with Crippen molar-refractivity contribution in [2.75, 3.05) is 14.2 Å². The summed E-state index contributed by atoms with van der Waals surface area (Å²) in [7, 11) is 3.46. The summed E-state index contributed by atoms with van der Waals surface area (Å²) in [5.74, 6) is -0.912. The molecule has 0 aliphatic heterocycles. The van der Waals surface area contributed by atoms with Crippen molar-refractivity contribution in [2.45, 2.75) is 65.5 Å². The van der Waals surface area contributed by atoms with Gasteiger partial charge in [0, 0.05) is 30.9 Å². The first kappa shape index (κ1) is 32.4. The van der Waals surface area contributed by atoms with Crippen LogP contribution < -0.4 is 10.1 Å². The van der Waals surface area contributed by atoms with Crippen molar-refractivity contribution in [1.82, 2.24) is 10.2 Å². The van der Waals surface area contributed by atoms with Crippen molar-refractivity contribution < 1.29 is 18.3 Å². The summed E-state index contributed by atoms with van der Waals surface area (Å²) in [5, 5.41) is 3.05. The number of allylic oxidation sites excluding steroid dienone is 5. The molecule has 0 unspecified atom stereocenters. The van der Waals surface area contributed by atoms with Crippen molar-refractivity contribution >= 4 is 44.5 Å². The molecular formula is C33H39ClF2N2O2S. The van der Waals surface area contributed by atoms with Crippen LogP contribution in [-0.4, -0.2) is 31.0 Å². The predicted octanol–water partition coefficient (Wildman–Crippen LogP) is 9.54. The third-order valence-corrected chi connectivity index (χ3v) is 8.85. The molecule has 0 atom stereocenters. The summed E-state index contributed by atoms with van der Waals surface area (Å²) in [4.78, 5) is 16.0. The molecule has 220 valence electrons. The Hall–Kier alpha value is -3.16. The molecule has 1 amide bonds. The third-order valence-electron chi connectivity index (χ3n) is 7.17. The number of nitrogens with zero attached hydrogens (tertiary/aromatic N) is 1. The Balaban J connectivity index is 0.00000226. The molecule has 3 aromatic rings. The fourth-order valence-electron chi connectivity index (χ4n) is 5.05. The zero-order valence-corrected chi connectivity index (χ0v) is 26.0. The number of thiophene rings is 1. The van der Waals surface area contributed by atoms with Gasteiger partial charge < -0.3 is 15.0 Å². The summed E-state index contributed by atoms with van der Waals surface area (Å²) < 4.78 is 34.9. The van der Waals surface area contributed by atoms with E-state index in [0.717, 1.165) is 78.0 Å². The van der Waals surface area contributed by atoms with Crippen molar-refractivity contribution in [3.8, 4) is 5.75 Å². The number of carbonyl (C=O) groups excluding carboxylic acids is 1. The van der Waals surface area contributed by atoms with Gasteiger partial charge in [0.05, 0.1) is 22.2 Å². The van der Waals surface area contributed by atoms with E-state index in [-0.39, 0.29) is 38.5 Å².